The summed E-state index contributed by atoms with van der Waals surface area (Å²) >= 11 is 11.8. The highest BCUT2D eigenvalue weighted by Gasteiger charge is 2.38. The number of amides is 2. The van der Waals surface area contributed by atoms with E-state index in [-0.39, 0.29) is 29.7 Å². The molecule has 2 atom stereocenters. The molecular weight excluding hydrogens is 433 g/mol. The number of benzene rings is 1. The van der Waals surface area contributed by atoms with Crippen LogP contribution in [0.3, 0.4) is 0 Å². The number of methoxy groups -OCH3 is 1. The van der Waals surface area contributed by atoms with Gasteiger partial charge in [0.15, 0.2) is 11.9 Å². The smallest absolute Gasteiger partial charge is 0.312 e. The number of anilines is 2. The van der Waals surface area contributed by atoms with Gasteiger partial charge in [-0.3, -0.25) is 14.4 Å². The van der Waals surface area contributed by atoms with Crippen molar-refractivity contribution in [3.8, 4) is 5.75 Å². The average molecular weight is 452 g/mol. The fourth-order valence-corrected chi connectivity index (χ4v) is 3.43. The van der Waals surface area contributed by atoms with E-state index in [9.17, 15) is 14.4 Å². The zero-order valence-electron chi connectivity index (χ0n) is 16.2. The Kier molecular flexibility index (Phi) is 6.79. The van der Waals surface area contributed by atoms with Crippen LogP contribution >= 0.6 is 23.2 Å². The summed E-state index contributed by atoms with van der Waals surface area (Å²) < 4.78 is 10.5. The van der Waals surface area contributed by atoms with Gasteiger partial charge in [0.2, 0.25) is 5.91 Å². The highest BCUT2D eigenvalue weighted by atomic mass is 35.5. The van der Waals surface area contributed by atoms with Gasteiger partial charge in [-0.1, -0.05) is 35.3 Å². The summed E-state index contributed by atoms with van der Waals surface area (Å²) in [4.78, 5) is 42.7. The van der Waals surface area contributed by atoms with Crippen molar-refractivity contribution in [3.63, 3.8) is 0 Å². The monoisotopic (exact) mass is 451 g/mol. The van der Waals surface area contributed by atoms with Crippen LogP contribution in [0, 0.1) is 5.92 Å². The van der Waals surface area contributed by atoms with Crippen molar-refractivity contribution in [3.05, 3.63) is 46.6 Å². The number of hydrogen-bond acceptors (Lipinski definition) is 6. The van der Waals surface area contributed by atoms with Gasteiger partial charge in [0.25, 0.3) is 5.91 Å². The molecule has 0 radical (unpaired) electrons. The highest BCUT2D eigenvalue weighted by molar-refractivity contribution is 6.36. The Bertz CT molecular complexity index is 985. The molecule has 0 bridgehead atoms. The van der Waals surface area contributed by atoms with Gasteiger partial charge in [-0.25, -0.2) is 4.98 Å². The second-order valence-corrected chi connectivity index (χ2v) is 7.47. The molecule has 0 saturated carbocycles. The van der Waals surface area contributed by atoms with E-state index in [0.717, 1.165) is 0 Å². The van der Waals surface area contributed by atoms with Gasteiger partial charge in [-0.15, -0.1) is 0 Å². The van der Waals surface area contributed by atoms with Crippen LogP contribution in [0.5, 0.6) is 5.75 Å². The van der Waals surface area contributed by atoms with E-state index in [1.807, 2.05) is 0 Å². The molecule has 0 aliphatic carbocycles. The predicted octanol–water partition coefficient (Wildman–Crippen LogP) is 3.32. The topological polar surface area (TPSA) is 97.8 Å². The van der Waals surface area contributed by atoms with Crippen LogP contribution in [0.4, 0.5) is 11.5 Å². The molecule has 8 nitrogen and oxygen atoms in total. The van der Waals surface area contributed by atoms with Crippen molar-refractivity contribution in [1.29, 1.82) is 0 Å². The summed E-state index contributed by atoms with van der Waals surface area (Å²) in [5, 5.41) is 2.96. The Balaban J connectivity index is 1.61. The molecule has 30 heavy (non-hydrogen) atoms. The predicted molar refractivity (Wildman–Crippen MR) is 112 cm³/mol. The number of hydrogen-bond donors (Lipinski definition) is 1. The van der Waals surface area contributed by atoms with E-state index in [1.54, 1.807) is 24.3 Å². The number of aromatic nitrogens is 1. The molecule has 3 rings (SSSR count). The Morgan fingerprint density at radius 1 is 1.30 bits per heavy atom. The van der Waals surface area contributed by atoms with Crippen molar-refractivity contribution in [1.82, 2.24) is 4.98 Å². The zero-order chi connectivity index (χ0) is 21.8. The molecular formula is C20H19Cl2N3O5. The van der Waals surface area contributed by atoms with Gasteiger partial charge >= 0.3 is 5.97 Å². The number of halogens is 2. The standard InChI is InChI=1S/C20H19Cl2N3O5/c1-11(19(27)24-18-14(22)8-13(21)9-23-18)30-20(28)12-7-17(26)25(10-12)15-5-3-4-6-16(15)29-2/h3-6,8-9,11-12H,7,10H2,1-2H3,(H,23,24,27). The third-order valence-electron chi connectivity index (χ3n) is 4.55. The molecule has 10 heteroatoms. The van der Waals surface area contributed by atoms with Crippen LogP contribution in [0.2, 0.25) is 10.0 Å². The second-order valence-electron chi connectivity index (χ2n) is 6.63. The Morgan fingerprint density at radius 2 is 2.03 bits per heavy atom. The molecule has 2 heterocycles. The van der Waals surface area contributed by atoms with Crippen molar-refractivity contribution in [2.75, 3.05) is 23.9 Å². The second kappa shape index (κ2) is 9.32. The van der Waals surface area contributed by atoms with Crippen LogP contribution in [-0.4, -0.2) is 42.5 Å². The van der Waals surface area contributed by atoms with Crippen molar-refractivity contribution in [2.24, 2.45) is 5.92 Å². The molecule has 1 fully saturated rings. The molecule has 2 unspecified atom stereocenters. The highest BCUT2D eigenvalue weighted by Crippen LogP contribution is 2.33. The first-order valence-electron chi connectivity index (χ1n) is 9.06. The first-order chi connectivity index (χ1) is 14.3. The van der Waals surface area contributed by atoms with Gasteiger partial charge in [-0.2, -0.15) is 0 Å². The molecule has 2 aromatic rings. The van der Waals surface area contributed by atoms with Gasteiger partial charge in [0.05, 0.1) is 28.8 Å². The molecule has 2 amide bonds. The zero-order valence-corrected chi connectivity index (χ0v) is 17.7. The lowest BCUT2D eigenvalue weighted by molar-refractivity contribution is -0.157. The summed E-state index contributed by atoms with van der Waals surface area (Å²) in [5.74, 6) is -1.54. The summed E-state index contributed by atoms with van der Waals surface area (Å²) in [6.45, 7) is 1.56. The van der Waals surface area contributed by atoms with Gasteiger partial charge in [0, 0.05) is 19.2 Å². The fraction of sp³-hybridized carbons (Fsp3) is 0.300. The van der Waals surface area contributed by atoms with Gasteiger partial charge in [-0.05, 0) is 25.1 Å². The average Bonchev–Trinajstić information content (AvgIpc) is 3.11. The number of rotatable bonds is 6. The van der Waals surface area contributed by atoms with E-state index in [2.05, 4.69) is 10.3 Å². The lowest BCUT2D eigenvalue weighted by Crippen LogP contribution is -2.33. The molecule has 1 N–H and O–H groups in total. The van der Waals surface area contributed by atoms with E-state index >= 15 is 0 Å². The number of ether oxygens (including phenoxy) is 2. The van der Waals surface area contributed by atoms with Crippen LogP contribution in [0.15, 0.2) is 36.5 Å². The number of pyridine rings is 1. The van der Waals surface area contributed by atoms with Crippen molar-refractivity contribution >= 4 is 52.5 Å². The minimum Gasteiger partial charge on any atom is -0.495 e. The minimum absolute atomic E-state index is 0.0181. The number of nitrogens with zero attached hydrogens (tertiary/aromatic N) is 2. The third-order valence-corrected chi connectivity index (χ3v) is 5.04. The molecule has 158 valence electrons. The maximum absolute atomic E-state index is 12.5. The number of para-hydroxylation sites is 2. The maximum Gasteiger partial charge on any atom is 0.312 e. The lowest BCUT2D eigenvalue weighted by atomic mass is 10.1. The van der Waals surface area contributed by atoms with Gasteiger partial charge < -0.3 is 19.7 Å². The molecule has 1 saturated heterocycles. The molecule has 0 spiro atoms. The molecule has 1 aromatic heterocycles. The van der Waals surface area contributed by atoms with Crippen molar-refractivity contribution < 1.29 is 23.9 Å². The fourth-order valence-electron chi connectivity index (χ4n) is 3.00. The number of nitrogens with one attached hydrogen (secondary N) is 1. The van der Waals surface area contributed by atoms with Crippen LogP contribution in [-0.2, 0) is 19.1 Å². The minimum atomic E-state index is -1.11. The Hall–Kier alpha value is -2.84. The Labute approximate surface area is 183 Å². The van der Waals surface area contributed by atoms with E-state index in [4.69, 9.17) is 32.7 Å². The van der Waals surface area contributed by atoms with Gasteiger partial charge in [0.1, 0.15) is 5.75 Å². The third kappa shape index (κ3) is 4.83. The first-order valence-corrected chi connectivity index (χ1v) is 9.81. The first kappa shape index (κ1) is 21.9. The molecule has 1 aromatic carbocycles. The van der Waals surface area contributed by atoms with Crippen LogP contribution in [0.25, 0.3) is 0 Å². The molecule has 1 aliphatic heterocycles. The van der Waals surface area contributed by atoms with E-state index in [1.165, 1.54) is 31.2 Å². The number of esters is 1. The van der Waals surface area contributed by atoms with E-state index in [0.29, 0.717) is 16.5 Å². The summed E-state index contributed by atoms with van der Waals surface area (Å²) in [6, 6.07) is 8.47. The van der Waals surface area contributed by atoms with Crippen LogP contribution in [0.1, 0.15) is 13.3 Å². The summed E-state index contributed by atoms with van der Waals surface area (Å²) in [5.41, 5.74) is 0.578. The number of carbonyl (C=O) groups excluding carboxylic acids is 3. The quantitative estimate of drug-likeness (QED) is 0.676. The number of carbonyl (C=O) groups is 3. The summed E-state index contributed by atoms with van der Waals surface area (Å²) in [6.07, 6.45) is 0.202. The summed E-state index contributed by atoms with van der Waals surface area (Å²) in [7, 11) is 1.51. The molecule has 1 aliphatic rings. The van der Waals surface area contributed by atoms with Crippen LogP contribution < -0.4 is 15.0 Å². The largest absolute Gasteiger partial charge is 0.495 e. The van der Waals surface area contributed by atoms with Crippen molar-refractivity contribution in [2.45, 2.75) is 19.4 Å². The van der Waals surface area contributed by atoms with E-state index < -0.39 is 23.9 Å². The lowest BCUT2D eigenvalue weighted by Gasteiger charge is -2.20. The normalized spacial score (nSPS) is 16.9. The maximum atomic E-state index is 12.5. The Morgan fingerprint density at radius 3 is 2.73 bits per heavy atom. The SMILES string of the molecule is COc1ccccc1N1CC(C(=O)OC(C)C(=O)Nc2ncc(Cl)cc2Cl)CC1=O.